The first-order valence-corrected chi connectivity index (χ1v) is 10.1. The van der Waals surface area contributed by atoms with Crippen LogP contribution in [0.25, 0.3) is 10.2 Å². The van der Waals surface area contributed by atoms with Crippen molar-refractivity contribution in [3.05, 3.63) is 46.6 Å². The summed E-state index contributed by atoms with van der Waals surface area (Å²) in [5.41, 5.74) is 11.4. The molecule has 0 unspecified atom stereocenters. The van der Waals surface area contributed by atoms with Crippen molar-refractivity contribution in [2.75, 3.05) is 11.1 Å². The predicted octanol–water partition coefficient (Wildman–Crippen LogP) is 2.68. The number of ether oxygens (including phenoxy) is 1. The number of amides is 2. The summed E-state index contributed by atoms with van der Waals surface area (Å²) in [6, 6.07) is 5.72. The monoisotopic (exact) mass is 411 g/mol. The normalized spacial score (nSPS) is 12.9. The lowest BCUT2D eigenvalue weighted by Crippen LogP contribution is -2.43. The summed E-state index contributed by atoms with van der Waals surface area (Å²) in [5, 5.41) is 2.68. The molecule has 0 saturated heterocycles. The molecule has 0 spiro atoms. The van der Waals surface area contributed by atoms with Crippen LogP contribution < -0.4 is 11.1 Å². The van der Waals surface area contributed by atoms with E-state index in [0.29, 0.717) is 31.3 Å². The van der Waals surface area contributed by atoms with Crippen LogP contribution in [0.3, 0.4) is 0 Å². The number of pyridine rings is 1. The molecule has 8 nitrogen and oxygen atoms in total. The minimum absolute atomic E-state index is 0.155. The number of nitrogen functional groups attached to an aromatic ring is 1. The number of hydrogen-bond donors (Lipinski definition) is 2. The average molecular weight is 411 g/mol. The molecule has 1 aliphatic heterocycles. The number of nitrogens with two attached hydrogens (primary N) is 1. The van der Waals surface area contributed by atoms with Gasteiger partial charge in [-0.25, -0.2) is 9.97 Å². The molecule has 3 N–H and O–H groups in total. The second kappa shape index (κ2) is 7.76. The molecule has 0 aliphatic carbocycles. The van der Waals surface area contributed by atoms with Gasteiger partial charge in [0.25, 0.3) is 0 Å². The van der Waals surface area contributed by atoms with Crippen molar-refractivity contribution < 1.29 is 14.3 Å². The Bertz CT molecular complexity index is 1090. The molecule has 0 saturated carbocycles. The van der Waals surface area contributed by atoms with Crippen LogP contribution in [0.2, 0.25) is 0 Å². The molecule has 150 valence electrons. The summed E-state index contributed by atoms with van der Waals surface area (Å²) in [6.07, 6.45) is 1.46. The average Bonchev–Trinajstić information content (AvgIpc) is 3.37. The van der Waals surface area contributed by atoms with Crippen LogP contribution in [0.15, 0.2) is 29.9 Å². The van der Waals surface area contributed by atoms with Gasteiger partial charge in [0.1, 0.15) is 5.82 Å². The van der Waals surface area contributed by atoms with Gasteiger partial charge in [0.05, 0.1) is 40.8 Å². The highest BCUT2D eigenvalue weighted by Gasteiger charge is 2.27. The Morgan fingerprint density at radius 2 is 2.07 bits per heavy atom. The van der Waals surface area contributed by atoms with Crippen molar-refractivity contribution in [3.63, 3.8) is 0 Å². The Morgan fingerprint density at radius 3 is 2.86 bits per heavy atom. The first-order valence-electron chi connectivity index (χ1n) is 9.22. The maximum Gasteiger partial charge on any atom is 0.313 e. The van der Waals surface area contributed by atoms with E-state index in [1.54, 1.807) is 16.8 Å². The Labute approximate surface area is 171 Å². The molecule has 2 aromatic heterocycles. The zero-order valence-corrected chi connectivity index (χ0v) is 17.0. The number of aromatic nitrogens is 2. The van der Waals surface area contributed by atoms with Crippen LogP contribution in [-0.2, 0) is 34.1 Å². The highest BCUT2D eigenvalue weighted by atomic mass is 32.1. The molecule has 9 heteroatoms. The van der Waals surface area contributed by atoms with E-state index in [-0.39, 0.29) is 6.04 Å². The van der Waals surface area contributed by atoms with Crippen molar-refractivity contribution in [3.8, 4) is 0 Å². The number of nitrogens with zero attached hydrogens (tertiary/aromatic N) is 3. The standard InChI is InChI=1S/C20H21N5O3S/c1-11(2)25(7-12-3-4-17-15(5-12)23-10-29-17)20(27)19(26)24-16-6-22-18(21)14-9-28-8-13(14)16/h3-6,10-11H,7-9H2,1-2H3,(H2,21,22)(H,24,26). The SMILES string of the molecule is CC(C)N(Cc1ccc2scnc2c1)C(=O)C(=O)Nc1cnc(N)c2c1COC2. The molecule has 3 aromatic rings. The zero-order chi connectivity index (χ0) is 20.5. The summed E-state index contributed by atoms with van der Waals surface area (Å²) < 4.78 is 6.48. The van der Waals surface area contributed by atoms with Crippen LogP contribution >= 0.6 is 11.3 Å². The summed E-state index contributed by atoms with van der Waals surface area (Å²) in [5.74, 6) is -0.944. The minimum atomic E-state index is -0.714. The first-order chi connectivity index (χ1) is 13.9. The number of carbonyl (C=O) groups is 2. The zero-order valence-electron chi connectivity index (χ0n) is 16.1. The largest absolute Gasteiger partial charge is 0.383 e. The molecular weight excluding hydrogens is 390 g/mol. The second-order valence-electron chi connectivity index (χ2n) is 7.14. The third kappa shape index (κ3) is 3.79. The second-order valence-corrected chi connectivity index (χ2v) is 8.03. The summed E-state index contributed by atoms with van der Waals surface area (Å²) >= 11 is 1.56. The highest BCUT2D eigenvalue weighted by molar-refractivity contribution is 7.16. The molecular formula is C20H21N5O3S. The molecule has 0 atom stereocenters. The smallest absolute Gasteiger partial charge is 0.313 e. The topological polar surface area (TPSA) is 110 Å². The van der Waals surface area contributed by atoms with Crippen LogP contribution in [0.1, 0.15) is 30.5 Å². The predicted molar refractivity (Wildman–Crippen MR) is 111 cm³/mol. The fourth-order valence-electron chi connectivity index (χ4n) is 3.29. The number of thiazole rings is 1. The van der Waals surface area contributed by atoms with Gasteiger partial charge >= 0.3 is 11.8 Å². The van der Waals surface area contributed by atoms with Crippen molar-refractivity contribution in [1.29, 1.82) is 0 Å². The number of hydrogen-bond acceptors (Lipinski definition) is 7. The fraction of sp³-hybridized carbons (Fsp3) is 0.300. The lowest BCUT2D eigenvalue weighted by molar-refractivity contribution is -0.144. The number of rotatable bonds is 4. The third-order valence-electron chi connectivity index (χ3n) is 4.90. The summed E-state index contributed by atoms with van der Waals surface area (Å²) in [4.78, 5) is 35.5. The molecule has 0 fully saturated rings. The van der Waals surface area contributed by atoms with E-state index in [4.69, 9.17) is 10.5 Å². The van der Waals surface area contributed by atoms with Gasteiger partial charge in [-0.05, 0) is 31.5 Å². The molecule has 3 heterocycles. The van der Waals surface area contributed by atoms with Crippen molar-refractivity contribution >= 4 is 44.9 Å². The van der Waals surface area contributed by atoms with E-state index in [1.165, 1.54) is 11.1 Å². The summed E-state index contributed by atoms with van der Waals surface area (Å²) in [7, 11) is 0. The third-order valence-corrected chi connectivity index (χ3v) is 5.71. The van der Waals surface area contributed by atoms with Gasteiger partial charge < -0.3 is 20.7 Å². The van der Waals surface area contributed by atoms with Gasteiger partial charge in [-0.2, -0.15) is 0 Å². The Kier molecular flexibility index (Phi) is 5.16. The van der Waals surface area contributed by atoms with E-state index in [2.05, 4.69) is 15.3 Å². The number of nitrogens with one attached hydrogen (secondary N) is 1. The molecule has 0 bridgehead atoms. The Balaban J connectivity index is 1.52. The number of fused-ring (bicyclic) bond motifs is 2. The van der Waals surface area contributed by atoms with Crippen molar-refractivity contribution in [2.45, 2.75) is 39.6 Å². The van der Waals surface area contributed by atoms with E-state index in [1.807, 2.05) is 32.0 Å². The minimum Gasteiger partial charge on any atom is -0.383 e. The van der Waals surface area contributed by atoms with Crippen LogP contribution in [0, 0.1) is 0 Å². The van der Waals surface area contributed by atoms with Crippen LogP contribution in [-0.4, -0.2) is 32.7 Å². The van der Waals surface area contributed by atoms with Gasteiger partial charge in [-0.15, -0.1) is 11.3 Å². The van der Waals surface area contributed by atoms with Crippen molar-refractivity contribution in [1.82, 2.24) is 14.9 Å². The fourth-order valence-corrected chi connectivity index (χ4v) is 3.95. The quantitative estimate of drug-likeness (QED) is 0.639. The van der Waals surface area contributed by atoms with Crippen molar-refractivity contribution in [2.24, 2.45) is 0 Å². The molecule has 29 heavy (non-hydrogen) atoms. The maximum atomic E-state index is 12.9. The molecule has 1 aliphatic rings. The van der Waals surface area contributed by atoms with Gasteiger partial charge in [-0.1, -0.05) is 6.07 Å². The Hall–Kier alpha value is -3.04. The van der Waals surface area contributed by atoms with Gasteiger partial charge in [0, 0.05) is 23.7 Å². The van der Waals surface area contributed by atoms with Gasteiger partial charge in [-0.3, -0.25) is 9.59 Å². The summed E-state index contributed by atoms with van der Waals surface area (Å²) in [6.45, 7) is 4.75. The van der Waals surface area contributed by atoms with Gasteiger partial charge in [0.2, 0.25) is 0 Å². The van der Waals surface area contributed by atoms with E-state index in [9.17, 15) is 9.59 Å². The lowest BCUT2D eigenvalue weighted by Gasteiger charge is -2.26. The van der Waals surface area contributed by atoms with Crippen LogP contribution in [0.5, 0.6) is 0 Å². The number of benzene rings is 1. The van der Waals surface area contributed by atoms with Gasteiger partial charge in [0.15, 0.2) is 0 Å². The molecule has 0 radical (unpaired) electrons. The highest BCUT2D eigenvalue weighted by Crippen LogP contribution is 2.30. The molecule has 2 amide bonds. The number of carbonyl (C=O) groups excluding carboxylic acids is 2. The number of anilines is 2. The van der Waals surface area contributed by atoms with E-state index < -0.39 is 11.8 Å². The Morgan fingerprint density at radius 1 is 1.28 bits per heavy atom. The van der Waals surface area contributed by atoms with E-state index in [0.717, 1.165) is 26.9 Å². The molecule has 1 aromatic carbocycles. The van der Waals surface area contributed by atoms with Crippen LogP contribution in [0.4, 0.5) is 11.5 Å². The lowest BCUT2D eigenvalue weighted by atomic mass is 10.1. The first kappa shape index (κ1) is 19.3. The molecule has 4 rings (SSSR count). The maximum absolute atomic E-state index is 12.9. The van der Waals surface area contributed by atoms with E-state index >= 15 is 0 Å².